The van der Waals surface area contributed by atoms with Crippen LogP contribution in [0.3, 0.4) is 0 Å². The minimum atomic E-state index is -1.15. The molecule has 0 aliphatic rings. The van der Waals surface area contributed by atoms with Crippen LogP contribution in [0.1, 0.15) is 16.1 Å². The topological polar surface area (TPSA) is 55.1 Å². The maximum atomic E-state index is 13.0. The SMILES string of the molecule is Cc1cc(NC(=O)c2cc(F)c(F)cc2Cl)no1. The second-order valence-corrected chi connectivity index (χ2v) is 3.93. The maximum absolute atomic E-state index is 13.0. The van der Waals surface area contributed by atoms with Gasteiger partial charge in [0.05, 0.1) is 10.6 Å². The lowest BCUT2D eigenvalue weighted by molar-refractivity contribution is 0.102. The van der Waals surface area contributed by atoms with Crippen LogP contribution < -0.4 is 5.32 Å². The molecule has 2 rings (SSSR count). The number of benzene rings is 1. The molecule has 1 aromatic heterocycles. The van der Waals surface area contributed by atoms with Crippen molar-refractivity contribution >= 4 is 23.3 Å². The Hall–Kier alpha value is -1.95. The van der Waals surface area contributed by atoms with Crippen molar-refractivity contribution in [1.29, 1.82) is 0 Å². The molecule has 0 spiro atoms. The largest absolute Gasteiger partial charge is 0.360 e. The number of hydrogen-bond donors (Lipinski definition) is 1. The molecule has 1 aromatic carbocycles. The summed E-state index contributed by atoms with van der Waals surface area (Å²) < 4.78 is 30.6. The van der Waals surface area contributed by atoms with Gasteiger partial charge in [-0.3, -0.25) is 4.79 Å². The number of halogens is 3. The lowest BCUT2D eigenvalue weighted by Gasteiger charge is -2.04. The molecular weight excluding hydrogens is 266 g/mol. The van der Waals surface area contributed by atoms with Gasteiger partial charge in [0, 0.05) is 6.07 Å². The molecule has 0 aliphatic heterocycles. The first-order valence-corrected chi connectivity index (χ1v) is 5.24. The number of nitrogens with zero attached hydrogens (tertiary/aromatic N) is 1. The zero-order chi connectivity index (χ0) is 13.3. The Labute approximate surface area is 106 Å². The number of anilines is 1. The minimum absolute atomic E-state index is 0.165. The molecule has 2 aromatic rings. The number of hydrogen-bond acceptors (Lipinski definition) is 3. The van der Waals surface area contributed by atoms with Crippen molar-refractivity contribution in [2.45, 2.75) is 6.92 Å². The Bertz CT molecular complexity index is 613. The molecule has 0 unspecified atom stereocenters. The first kappa shape index (κ1) is 12.5. The second-order valence-electron chi connectivity index (χ2n) is 3.52. The monoisotopic (exact) mass is 272 g/mol. The predicted octanol–water partition coefficient (Wildman–Crippen LogP) is 3.17. The zero-order valence-electron chi connectivity index (χ0n) is 9.13. The summed E-state index contributed by atoms with van der Waals surface area (Å²) in [5.41, 5.74) is -0.184. The summed E-state index contributed by atoms with van der Waals surface area (Å²) in [4.78, 5) is 11.7. The Morgan fingerprint density at radius 2 is 2.00 bits per heavy atom. The third-order valence-corrected chi connectivity index (χ3v) is 2.44. The standard InChI is InChI=1S/C11H7ClF2N2O2/c1-5-2-10(16-18-5)15-11(17)6-3-8(13)9(14)4-7(6)12/h2-4H,1H3,(H,15,16,17). The van der Waals surface area contributed by atoms with Crippen LogP contribution in [0, 0.1) is 18.6 Å². The van der Waals surface area contributed by atoms with Gasteiger partial charge in [-0.1, -0.05) is 16.8 Å². The minimum Gasteiger partial charge on any atom is -0.360 e. The van der Waals surface area contributed by atoms with E-state index in [4.69, 9.17) is 16.1 Å². The Morgan fingerprint density at radius 3 is 2.61 bits per heavy atom. The van der Waals surface area contributed by atoms with Crippen LogP contribution in [0.2, 0.25) is 5.02 Å². The summed E-state index contributed by atoms with van der Waals surface area (Å²) in [6.45, 7) is 1.65. The van der Waals surface area contributed by atoms with Crippen molar-refractivity contribution in [1.82, 2.24) is 5.16 Å². The molecule has 0 fully saturated rings. The number of nitrogens with one attached hydrogen (secondary N) is 1. The van der Waals surface area contributed by atoms with Gasteiger partial charge in [-0.25, -0.2) is 8.78 Å². The third-order valence-electron chi connectivity index (χ3n) is 2.12. The van der Waals surface area contributed by atoms with Crippen molar-refractivity contribution < 1.29 is 18.1 Å². The Kier molecular flexibility index (Phi) is 3.29. The van der Waals surface area contributed by atoms with Crippen LogP contribution in [-0.4, -0.2) is 11.1 Å². The van der Waals surface area contributed by atoms with Crippen LogP contribution in [0.15, 0.2) is 22.7 Å². The van der Waals surface area contributed by atoms with Gasteiger partial charge in [-0.05, 0) is 19.1 Å². The number of carbonyl (C=O) groups is 1. The van der Waals surface area contributed by atoms with Gasteiger partial charge in [0.1, 0.15) is 5.76 Å². The molecule has 18 heavy (non-hydrogen) atoms. The van der Waals surface area contributed by atoms with E-state index >= 15 is 0 Å². The number of amides is 1. The highest BCUT2D eigenvalue weighted by molar-refractivity contribution is 6.34. The molecule has 0 bridgehead atoms. The number of carbonyl (C=O) groups excluding carboxylic acids is 1. The second kappa shape index (κ2) is 4.73. The van der Waals surface area contributed by atoms with E-state index in [1.54, 1.807) is 6.92 Å². The van der Waals surface area contributed by atoms with E-state index in [0.29, 0.717) is 5.76 Å². The normalized spacial score (nSPS) is 10.4. The quantitative estimate of drug-likeness (QED) is 0.854. The first-order chi connectivity index (χ1) is 8.47. The van der Waals surface area contributed by atoms with E-state index in [9.17, 15) is 13.6 Å². The molecular formula is C11H7ClF2N2O2. The van der Waals surface area contributed by atoms with Crippen LogP contribution in [0.25, 0.3) is 0 Å². The smallest absolute Gasteiger partial charge is 0.258 e. The van der Waals surface area contributed by atoms with E-state index in [-0.39, 0.29) is 16.4 Å². The van der Waals surface area contributed by atoms with Crippen LogP contribution >= 0.6 is 11.6 Å². The van der Waals surface area contributed by atoms with Crippen molar-refractivity contribution in [3.05, 3.63) is 46.2 Å². The zero-order valence-corrected chi connectivity index (χ0v) is 9.89. The van der Waals surface area contributed by atoms with Crippen LogP contribution in [0.4, 0.5) is 14.6 Å². The van der Waals surface area contributed by atoms with Crippen LogP contribution in [0.5, 0.6) is 0 Å². The molecule has 0 atom stereocenters. The molecule has 1 heterocycles. The van der Waals surface area contributed by atoms with Gasteiger partial charge in [0.2, 0.25) is 0 Å². The first-order valence-electron chi connectivity index (χ1n) is 4.86. The molecule has 0 radical (unpaired) electrons. The molecule has 7 heteroatoms. The highest BCUT2D eigenvalue weighted by atomic mass is 35.5. The van der Waals surface area contributed by atoms with E-state index in [2.05, 4.69) is 10.5 Å². The van der Waals surface area contributed by atoms with E-state index < -0.39 is 17.5 Å². The molecule has 0 aliphatic carbocycles. The fourth-order valence-electron chi connectivity index (χ4n) is 1.31. The van der Waals surface area contributed by atoms with E-state index in [0.717, 1.165) is 12.1 Å². The highest BCUT2D eigenvalue weighted by Crippen LogP contribution is 2.21. The van der Waals surface area contributed by atoms with Gasteiger partial charge in [0.15, 0.2) is 17.5 Å². The maximum Gasteiger partial charge on any atom is 0.258 e. The van der Waals surface area contributed by atoms with Gasteiger partial charge in [-0.15, -0.1) is 0 Å². The molecule has 4 nitrogen and oxygen atoms in total. The van der Waals surface area contributed by atoms with Crippen molar-refractivity contribution in [3.8, 4) is 0 Å². The van der Waals surface area contributed by atoms with Crippen molar-refractivity contribution in [2.75, 3.05) is 5.32 Å². The van der Waals surface area contributed by atoms with Gasteiger partial charge in [-0.2, -0.15) is 0 Å². The summed E-state index contributed by atoms with van der Waals surface area (Å²) in [5.74, 6) is -2.30. The van der Waals surface area contributed by atoms with Gasteiger partial charge < -0.3 is 9.84 Å². The Morgan fingerprint density at radius 1 is 1.33 bits per heavy atom. The fourth-order valence-corrected chi connectivity index (χ4v) is 1.54. The molecule has 1 amide bonds. The predicted molar refractivity (Wildman–Crippen MR) is 60.6 cm³/mol. The summed E-state index contributed by atoms with van der Waals surface area (Å²) >= 11 is 5.66. The highest BCUT2D eigenvalue weighted by Gasteiger charge is 2.16. The van der Waals surface area contributed by atoms with Crippen molar-refractivity contribution in [3.63, 3.8) is 0 Å². The number of aromatic nitrogens is 1. The summed E-state index contributed by atoms with van der Waals surface area (Å²) in [6.07, 6.45) is 0. The van der Waals surface area contributed by atoms with Crippen LogP contribution in [-0.2, 0) is 0 Å². The van der Waals surface area contributed by atoms with E-state index in [1.165, 1.54) is 6.07 Å². The van der Waals surface area contributed by atoms with Gasteiger partial charge >= 0.3 is 0 Å². The van der Waals surface area contributed by atoms with Gasteiger partial charge in [0.25, 0.3) is 5.91 Å². The molecule has 0 saturated heterocycles. The molecule has 94 valence electrons. The average molecular weight is 273 g/mol. The number of aryl methyl sites for hydroxylation is 1. The average Bonchev–Trinajstić information content (AvgIpc) is 2.69. The number of rotatable bonds is 2. The van der Waals surface area contributed by atoms with E-state index in [1.807, 2.05) is 0 Å². The molecule has 0 saturated carbocycles. The summed E-state index contributed by atoms with van der Waals surface area (Å²) in [6, 6.07) is 2.94. The lowest BCUT2D eigenvalue weighted by Crippen LogP contribution is -2.13. The fraction of sp³-hybridized carbons (Fsp3) is 0.0909. The third kappa shape index (κ3) is 2.48. The molecule has 1 N–H and O–H groups in total. The lowest BCUT2D eigenvalue weighted by atomic mass is 10.2. The van der Waals surface area contributed by atoms with Crippen molar-refractivity contribution in [2.24, 2.45) is 0 Å². The Balaban J connectivity index is 2.26. The summed E-state index contributed by atoms with van der Waals surface area (Å²) in [7, 11) is 0. The summed E-state index contributed by atoms with van der Waals surface area (Å²) in [5, 5.41) is 5.69.